The highest BCUT2D eigenvalue weighted by Crippen LogP contribution is 2.28. The molecule has 0 saturated carbocycles. The molecule has 16 heavy (non-hydrogen) atoms. The first-order valence-corrected chi connectivity index (χ1v) is 5.50. The standard InChI is InChI=1S/C12H15ClO3/c1-2-15-12-8-10(9-14)4-5-11(12)16-7-3-6-13/h3-6,8,14H,2,7,9H2,1H3/b6-3+. The molecule has 0 atom stereocenters. The van der Waals surface area contributed by atoms with Crippen LogP contribution in [0.2, 0.25) is 0 Å². The minimum Gasteiger partial charge on any atom is -0.490 e. The van der Waals surface area contributed by atoms with Crippen LogP contribution in [0.1, 0.15) is 12.5 Å². The van der Waals surface area contributed by atoms with E-state index in [0.717, 1.165) is 5.56 Å². The summed E-state index contributed by atoms with van der Waals surface area (Å²) in [5, 5.41) is 9.01. The lowest BCUT2D eigenvalue weighted by Gasteiger charge is -2.11. The SMILES string of the molecule is CCOc1cc(CO)ccc1OC/C=C/Cl. The Morgan fingerprint density at radius 3 is 2.75 bits per heavy atom. The van der Waals surface area contributed by atoms with Gasteiger partial charge in [0.25, 0.3) is 0 Å². The average molecular weight is 243 g/mol. The van der Waals surface area contributed by atoms with Crippen LogP contribution in [-0.4, -0.2) is 18.3 Å². The molecule has 0 saturated heterocycles. The first kappa shape index (κ1) is 12.9. The zero-order valence-electron chi connectivity index (χ0n) is 9.15. The van der Waals surface area contributed by atoms with E-state index in [2.05, 4.69) is 0 Å². The molecule has 0 heterocycles. The van der Waals surface area contributed by atoms with Crippen LogP contribution in [0.3, 0.4) is 0 Å². The van der Waals surface area contributed by atoms with Crippen LogP contribution in [0.4, 0.5) is 0 Å². The van der Waals surface area contributed by atoms with Gasteiger partial charge in [0.05, 0.1) is 13.2 Å². The third-order valence-electron chi connectivity index (χ3n) is 1.91. The van der Waals surface area contributed by atoms with Gasteiger partial charge in [-0.15, -0.1) is 0 Å². The maximum atomic E-state index is 9.01. The summed E-state index contributed by atoms with van der Waals surface area (Å²) in [5.74, 6) is 1.28. The molecule has 0 amide bonds. The lowest BCUT2D eigenvalue weighted by molar-refractivity contribution is 0.276. The van der Waals surface area contributed by atoms with E-state index >= 15 is 0 Å². The second kappa shape index (κ2) is 7.14. The van der Waals surface area contributed by atoms with Crippen molar-refractivity contribution < 1.29 is 14.6 Å². The molecule has 1 aromatic rings. The van der Waals surface area contributed by atoms with Gasteiger partial charge in [-0.05, 0) is 30.7 Å². The van der Waals surface area contributed by atoms with Crippen molar-refractivity contribution in [3.05, 3.63) is 35.4 Å². The lowest BCUT2D eigenvalue weighted by atomic mass is 10.2. The van der Waals surface area contributed by atoms with Gasteiger partial charge in [-0.3, -0.25) is 0 Å². The quantitative estimate of drug-likeness (QED) is 0.834. The summed E-state index contributed by atoms with van der Waals surface area (Å²) in [5.41, 5.74) is 2.20. The van der Waals surface area contributed by atoms with Crippen LogP contribution >= 0.6 is 11.6 Å². The maximum absolute atomic E-state index is 9.01. The van der Waals surface area contributed by atoms with Crippen LogP contribution in [-0.2, 0) is 6.61 Å². The highest BCUT2D eigenvalue weighted by Gasteiger charge is 2.05. The summed E-state index contributed by atoms with van der Waals surface area (Å²) < 4.78 is 10.9. The van der Waals surface area contributed by atoms with E-state index in [1.165, 1.54) is 5.54 Å². The van der Waals surface area contributed by atoms with E-state index in [9.17, 15) is 0 Å². The molecule has 0 aliphatic heterocycles. The van der Waals surface area contributed by atoms with Crippen molar-refractivity contribution in [2.24, 2.45) is 0 Å². The number of hydrogen-bond acceptors (Lipinski definition) is 3. The first-order chi connectivity index (χ1) is 7.81. The zero-order chi connectivity index (χ0) is 11.8. The Morgan fingerprint density at radius 1 is 1.31 bits per heavy atom. The van der Waals surface area contributed by atoms with Crippen molar-refractivity contribution in [1.82, 2.24) is 0 Å². The molecular formula is C12H15ClO3. The summed E-state index contributed by atoms with van der Waals surface area (Å²) in [6.45, 7) is 2.83. The van der Waals surface area contributed by atoms with Crippen LogP contribution < -0.4 is 9.47 Å². The Hall–Kier alpha value is -1.19. The molecule has 1 N–H and O–H groups in total. The molecule has 1 aromatic carbocycles. The lowest BCUT2D eigenvalue weighted by Crippen LogP contribution is -1.99. The van der Waals surface area contributed by atoms with Gasteiger partial charge in [0.2, 0.25) is 0 Å². The normalized spacial score (nSPS) is 10.7. The summed E-state index contributed by atoms with van der Waals surface area (Å²) in [6.07, 6.45) is 1.69. The van der Waals surface area contributed by atoms with E-state index in [4.69, 9.17) is 26.2 Å². The van der Waals surface area contributed by atoms with E-state index in [0.29, 0.717) is 24.7 Å². The number of benzene rings is 1. The van der Waals surface area contributed by atoms with Gasteiger partial charge in [0.15, 0.2) is 11.5 Å². The fraction of sp³-hybridized carbons (Fsp3) is 0.333. The Kier molecular flexibility index (Phi) is 5.75. The van der Waals surface area contributed by atoms with E-state index in [-0.39, 0.29) is 6.61 Å². The number of aliphatic hydroxyl groups is 1. The third kappa shape index (κ3) is 3.76. The maximum Gasteiger partial charge on any atom is 0.161 e. The molecular weight excluding hydrogens is 228 g/mol. The van der Waals surface area contributed by atoms with Crippen molar-refractivity contribution in [2.45, 2.75) is 13.5 Å². The molecule has 0 spiro atoms. The predicted molar refractivity (Wildman–Crippen MR) is 64.0 cm³/mol. The molecule has 0 aliphatic carbocycles. The van der Waals surface area contributed by atoms with Gasteiger partial charge >= 0.3 is 0 Å². The van der Waals surface area contributed by atoms with Crippen LogP contribution in [0, 0.1) is 0 Å². The molecule has 0 unspecified atom stereocenters. The molecule has 1 rings (SSSR count). The van der Waals surface area contributed by atoms with Crippen LogP contribution in [0.25, 0.3) is 0 Å². The van der Waals surface area contributed by atoms with Gasteiger partial charge in [0, 0.05) is 5.54 Å². The molecule has 0 fully saturated rings. The monoisotopic (exact) mass is 242 g/mol. The topological polar surface area (TPSA) is 38.7 Å². The summed E-state index contributed by atoms with van der Waals surface area (Å²) >= 11 is 5.39. The average Bonchev–Trinajstić information content (AvgIpc) is 2.31. The molecule has 3 nitrogen and oxygen atoms in total. The fourth-order valence-electron chi connectivity index (χ4n) is 1.21. The minimum absolute atomic E-state index is 0.0120. The van der Waals surface area contributed by atoms with E-state index < -0.39 is 0 Å². The number of hydrogen-bond donors (Lipinski definition) is 1. The second-order valence-electron chi connectivity index (χ2n) is 3.04. The van der Waals surface area contributed by atoms with Gasteiger partial charge in [-0.2, -0.15) is 0 Å². The van der Waals surface area contributed by atoms with Crippen molar-refractivity contribution in [1.29, 1.82) is 0 Å². The summed E-state index contributed by atoms with van der Waals surface area (Å²) in [7, 11) is 0. The van der Waals surface area contributed by atoms with E-state index in [1.807, 2.05) is 6.92 Å². The highest BCUT2D eigenvalue weighted by molar-refractivity contribution is 6.25. The fourth-order valence-corrected chi connectivity index (χ4v) is 1.29. The van der Waals surface area contributed by atoms with Crippen molar-refractivity contribution in [2.75, 3.05) is 13.2 Å². The first-order valence-electron chi connectivity index (χ1n) is 5.06. The van der Waals surface area contributed by atoms with Crippen molar-refractivity contribution in [3.63, 3.8) is 0 Å². The molecule has 4 heteroatoms. The third-order valence-corrected chi connectivity index (χ3v) is 2.09. The predicted octanol–water partition coefficient (Wildman–Crippen LogP) is 2.71. The minimum atomic E-state index is -0.0120. The largest absolute Gasteiger partial charge is 0.490 e. The molecule has 0 aromatic heterocycles. The van der Waals surface area contributed by atoms with Gasteiger partial charge in [-0.25, -0.2) is 0 Å². The number of halogens is 1. The van der Waals surface area contributed by atoms with Crippen molar-refractivity contribution >= 4 is 11.6 Å². The van der Waals surface area contributed by atoms with Crippen LogP contribution in [0.15, 0.2) is 29.8 Å². The van der Waals surface area contributed by atoms with Gasteiger partial charge in [0.1, 0.15) is 6.61 Å². The Morgan fingerprint density at radius 2 is 2.12 bits per heavy atom. The summed E-state index contributed by atoms with van der Waals surface area (Å²) in [6, 6.07) is 5.34. The Balaban J connectivity index is 2.80. The van der Waals surface area contributed by atoms with Crippen molar-refractivity contribution in [3.8, 4) is 11.5 Å². The molecule has 0 bridgehead atoms. The van der Waals surface area contributed by atoms with Crippen LogP contribution in [0.5, 0.6) is 11.5 Å². The van der Waals surface area contributed by atoms with Gasteiger partial charge < -0.3 is 14.6 Å². The number of ether oxygens (including phenoxy) is 2. The Bertz CT molecular complexity index is 350. The molecule has 0 aliphatic rings. The zero-order valence-corrected chi connectivity index (χ0v) is 9.91. The summed E-state index contributed by atoms with van der Waals surface area (Å²) in [4.78, 5) is 0. The number of rotatable bonds is 6. The highest BCUT2D eigenvalue weighted by atomic mass is 35.5. The molecule has 0 radical (unpaired) electrons. The second-order valence-corrected chi connectivity index (χ2v) is 3.30. The smallest absolute Gasteiger partial charge is 0.161 e. The van der Waals surface area contributed by atoms with Gasteiger partial charge in [-0.1, -0.05) is 17.7 Å². The number of aliphatic hydroxyl groups excluding tert-OH is 1. The molecule has 88 valence electrons. The van der Waals surface area contributed by atoms with E-state index in [1.54, 1.807) is 24.3 Å². The Labute approximate surface area is 100 Å².